The highest BCUT2D eigenvalue weighted by Crippen LogP contribution is 2.23. The number of nitrogens with one attached hydrogen (secondary N) is 1. The van der Waals surface area contributed by atoms with E-state index in [1.54, 1.807) is 7.11 Å². The smallest absolute Gasteiger partial charge is 0.0934 e. The van der Waals surface area contributed by atoms with Crippen molar-refractivity contribution < 1.29 is 9.47 Å². The van der Waals surface area contributed by atoms with Crippen LogP contribution in [0, 0.1) is 0 Å². The molecule has 0 radical (unpaired) electrons. The van der Waals surface area contributed by atoms with Crippen molar-refractivity contribution in [1.82, 2.24) is 4.98 Å². The number of rotatable bonds is 8. The first-order chi connectivity index (χ1) is 9.81. The largest absolute Gasteiger partial charge is 0.383 e. The minimum Gasteiger partial charge on any atom is -0.383 e. The van der Waals surface area contributed by atoms with Gasteiger partial charge in [0, 0.05) is 36.3 Å². The van der Waals surface area contributed by atoms with Crippen LogP contribution in [0.15, 0.2) is 34.9 Å². The number of ether oxygens (including phenoxy) is 2. The van der Waals surface area contributed by atoms with Crippen molar-refractivity contribution in [2.45, 2.75) is 6.42 Å². The van der Waals surface area contributed by atoms with E-state index < -0.39 is 0 Å². The van der Waals surface area contributed by atoms with Gasteiger partial charge in [0.25, 0.3) is 0 Å². The summed E-state index contributed by atoms with van der Waals surface area (Å²) < 4.78 is 11.3. The maximum absolute atomic E-state index is 5.43. The number of halogens is 1. The first kappa shape index (κ1) is 15.2. The molecule has 0 atom stereocenters. The number of nitrogens with zero attached hydrogens (tertiary/aromatic N) is 1. The Hall–Kier alpha value is -1.17. The molecule has 20 heavy (non-hydrogen) atoms. The Balaban J connectivity index is 1.84. The molecular formula is C15H19BrN2O2. The molecule has 0 aliphatic carbocycles. The maximum Gasteiger partial charge on any atom is 0.0934 e. The molecule has 4 nitrogen and oxygen atoms in total. The van der Waals surface area contributed by atoms with Crippen LogP contribution in [0.4, 0.5) is 5.69 Å². The molecule has 1 aromatic heterocycles. The lowest BCUT2D eigenvalue weighted by atomic mass is 10.2. The van der Waals surface area contributed by atoms with E-state index in [1.165, 1.54) is 0 Å². The second kappa shape index (κ2) is 8.19. The zero-order valence-corrected chi connectivity index (χ0v) is 13.1. The fraction of sp³-hybridized carbons (Fsp3) is 0.400. The Morgan fingerprint density at radius 1 is 1.25 bits per heavy atom. The Bertz CT molecular complexity index is 548. The lowest BCUT2D eigenvalue weighted by Crippen LogP contribution is -2.08. The Morgan fingerprint density at radius 3 is 3.00 bits per heavy atom. The summed E-state index contributed by atoms with van der Waals surface area (Å²) in [5.41, 5.74) is 2.06. The van der Waals surface area contributed by atoms with E-state index >= 15 is 0 Å². The molecule has 0 aliphatic rings. The number of pyridine rings is 1. The van der Waals surface area contributed by atoms with E-state index in [4.69, 9.17) is 9.47 Å². The van der Waals surface area contributed by atoms with Gasteiger partial charge in [-0.2, -0.15) is 0 Å². The molecule has 0 spiro atoms. The molecular weight excluding hydrogens is 320 g/mol. The number of hydrogen-bond acceptors (Lipinski definition) is 4. The summed E-state index contributed by atoms with van der Waals surface area (Å²) in [4.78, 5) is 4.46. The standard InChI is InChI=1S/C15H19BrN2O2/c1-19-8-9-20-7-3-6-17-14-5-2-4-12-10-13(16)11-18-15(12)14/h2,4-5,10-11,17H,3,6-9H2,1H3. The van der Waals surface area contributed by atoms with Gasteiger partial charge in [-0.3, -0.25) is 4.98 Å². The van der Waals surface area contributed by atoms with Crippen molar-refractivity contribution in [3.63, 3.8) is 0 Å². The fourth-order valence-electron chi connectivity index (χ4n) is 1.92. The molecule has 2 rings (SSSR count). The van der Waals surface area contributed by atoms with Crippen LogP contribution in [0.25, 0.3) is 10.9 Å². The minimum atomic E-state index is 0.648. The zero-order chi connectivity index (χ0) is 14.2. The van der Waals surface area contributed by atoms with Gasteiger partial charge >= 0.3 is 0 Å². The number of benzene rings is 1. The topological polar surface area (TPSA) is 43.4 Å². The molecule has 0 bridgehead atoms. The molecule has 0 aliphatic heterocycles. The first-order valence-corrected chi connectivity index (χ1v) is 7.45. The van der Waals surface area contributed by atoms with Crippen molar-refractivity contribution in [2.24, 2.45) is 0 Å². The Labute approximate surface area is 127 Å². The SMILES string of the molecule is COCCOCCCNc1cccc2cc(Br)cnc12. The van der Waals surface area contributed by atoms with E-state index in [2.05, 4.69) is 44.4 Å². The van der Waals surface area contributed by atoms with Crippen LogP contribution in [0.3, 0.4) is 0 Å². The summed E-state index contributed by atoms with van der Waals surface area (Å²) in [6.07, 6.45) is 2.78. The second-order valence-corrected chi connectivity index (χ2v) is 5.33. The minimum absolute atomic E-state index is 0.648. The number of aromatic nitrogens is 1. The number of para-hydroxylation sites is 1. The van der Waals surface area contributed by atoms with Gasteiger partial charge in [0.15, 0.2) is 0 Å². The van der Waals surface area contributed by atoms with Crippen molar-refractivity contribution in [3.8, 4) is 0 Å². The van der Waals surface area contributed by atoms with Crippen molar-refractivity contribution in [3.05, 3.63) is 34.9 Å². The van der Waals surface area contributed by atoms with Gasteiger partial charge in [-0.25, -0.2) is 0 Å². The average molecular weight is 339 g/mol. The second-order valence-electron chi connectivity index (χ2n) is 4.42. The van der Waals surface area contributed by atoms with Crippen LogP contribution < -0.4 is 5.32 Å². The van der Waals surface area contributed by atoms with Gasteiger partial charge in [0.05, 0.1) is 24.4 Å². The van der Waals surface area contributed by atoms with Gasteiger partial charge < -0.3 is 14.8 Å². The normalized spacial score (nSPS) is 10.9. The van der Waals surface area contributed by atoms with Gasteiger partial charge in [-0.1, -0.05) is 12.1 Å². The molecule has 0 fully saturated rings. The summed E-state index contributed by atoms with van der Waals surface area (Å²) in [6.45, 7) is 2.90. The number of hydrogen-bond donors (Lipinski definition) is 1. The predicted octanol–water partition coefficient (Wildman–Crippen LogP) is 3.46. The highest BCUT2D eigenvalue weighted by molar-refractivity contribution is 9.10. The molecule has 0 amide bonds. The molecule has 0 saturated carbocycles. The highest BCUT2D eigenvalue weighted by Gasteiger charge is 2.02. The summed E-state index contributed by atoms with van der Waals surface area (Å²) in [5, 5.41) is 4.53. The van der Waals surface area contributed by atoms with E-state index in [1.807, 2.05) is 12.3 Å². The summed E-state index contributed by atoms with van der Waals surface area (Å²) in [6, 6.07) is 8.22. The average Bonchev–Trinajstić information content (AvgIpc) is 2.46. The number of fused-ring (bicyclic) bond motifs is 1. The molecule has 1 aromatic carbocycles. The highest BCUT2D eigenvalue weighted by atomic mass is 79.9. The molecule has 2 aromatic rings. The lowest BCUT2D eigenvalue weighted by Gasteiger charge is -2.09. The van der Waals surface area contributed by atoms with Gasteiger partial charge in [0.2, 0.25) is 0 Å². The Kier molecular flexibility index (Phi) is 6.24. The van der Waals surface area contributed by atoms with Crippen LogP contribution in [0.1, 0.15) is 6.42 Å². The quantitative estimate of drug-likeness (QED) is 0.748. The van der Waals surface area contributed by atoms with Gasteiger partial charge in [0.1, 0.15) is 0 Å². The van der Waals surface area contributed by atoms with Crippen LogP contribution >= 0.6 is 15.9 Å². The molecule has 5 heteroatoms. The number of anilines is 1. The maximum atomic E-state index is 5.43. The predicted molar refractivity (Wildman–Crippen MR) is 85.2 cm³/mol. The third-order valence-electron chi connectivity index (χ3n) is 2.89. The third kappa shape index (κ3) is 4.44. The van der Waals surface area contributed by atoms with E-state index in [0.717, 1.165) is 40.6 Å². The van der Waals surface area contributed by atoms with Crippen LogP contribution in [-0.2, 0) is 9.47 Å². The summed E-state index contributed by atoms with van der Waals surface area (Å²) >= 11 is 3.44. The Morgan fingerprint density at radius 2 is 2.15 bits per heavy atom. The van der Waals surface area contributed by atoms with Crippen molar-refractivity contribution in [1.29, 1.82) is 0 Å². The van der Waals surface area contributed by atoms with E-state index in [-0.39, 0.29) is 0 Å². The molecule has 1 N–H and O–H groups in total. The van der Waals surface area contributed by atoms with Crippen LogP contribution in [0.2, 0.25) is 0 Å². The first-order valence-electron chi connectivity index (χ1n) is 6.66. The van der Waals surface area contributed by atoms with E-state index in [9.17, 15) is 0 Å². The summed E-state index contributed by atoms with van der Waals surface area (Å²) in [5.74, 6) is 0. The molecule has 108 valence electrons. The molecule has 1 heterocycles. The summed E-state index contributed by atoms with van der Waals surface area (Å²) in [7, 11) is 1.68. The van der Waals surface area contributed by atoms with Crippen LogP contribution in [-0.4, -0.2) is 38.5 Å². The fourth-order valence-corrected chi connectivity index (χ4v) is 2.27. The monoisotopic (exact) mass is 338 g/mol. The van der Waals surface area contributed by atoms with Crippen molar-refractivity contribution in [2.75, 3.05) is 38.8 Å². The van der Waals surface area contributed by atoms with Crippen LogP contribution in [0.5, 0.6) is 0 Å². The van der Waals surface area contributed by atoms with Gasteiger partial charge in [-0.05, 0) is 34.5 Å². The zero-order valence-electron chi connectivity index (χ0n) is 11.6. The molecule has 0 saturated heterocycles. The molecule has 0 unspecified atom stereocenters. The van der Waals surface area contributed by atoms with Crippen molar-refractivity contribution >= 4 is 32.5 Å². The van der Waals surface area contributed by atoms with Gasteiger partial charge in [-0.15, -0.1) is 0 Å². The third-order valence-corrected chi connectivity index (χ3v) is 3.32. The number of methoxy groups -OCH3 is 1. The lowest BCUT2D eigenvalue weighted by molar-refractivity contribution is 0.0705. The van der Waals surface area contributed by atoms with E-state index in [0.29, 0.717) is 13.2 Å².